The molecule has 1 amide bonds. The van der Waals surface area contributed by atoms with Gasteiger partial charge in [0.1, 0.15) is 5.82 Å². The number of likely N-dealkylation sites (tertiary alicyclic amines) is 1. The first kappa shape index (κ1) is 20.7. The number of carbonyl (C=O) groups excluding carboxylic acids is 1. The van der Waals surface area contributed by atoms with Crippen molar-refractivity contribution in [2.24, 2.45) is 0 Å². The molecule has 0 spiro atoms. The van der Waals surface area contributed by atoms with Gasteiger partial charge in [-0.05, 0) is 56.0 Å². The van der Waals surface area contributed by atoms with Crippen molar-refractivity contribution in [3.8, 4) is 5.69 Å². The Hall–Kier alpha value is -2.90. The van der Waals surface area contributed by atoms with Crippen molar-refractivity contribution in [1.29, 1.82) is 0 Å². The van der Waals surface area contributed by atoms with Crippen LogP contribution in [0.4, 0.5) is 0 Å². The molecule has 1 saturated carbocycles. The maximum atomic E-state index is 13.5. The molecule has 168 valence electrons. The number of nitrogens with zero attached hydrogens (tertiary/aromatic N) is 6. The Bertz CT molecular complexity index is 1350. The third-order valence-corrected chi connectivity index (χ3v) is 7.16. The number of halogens is 2. The molecule has 4 heterocycles. The number of hydrogen-bond acceptors (Lipinski definition) is 4. The van der Waals surface area contributed by atoms with E-state index >= 15 is 0 Å². The zero-order chi connectivity index (χ0) is 22.5. The van der Waals surface area contributed by atoms with Crippen LogP contribution in [0.25, 0.3) is 11.3 Å². The van der Waals surface area contributed by atoms with Gasteiger partial charge >= 0.3 is 0 Å². The molecule has 2 fully saturated rings. The van der Waals surface area contributed by atoms with Crippen molar-refractivity contribution in [3.05, 3.63) is 75.9 Å². The number of pyridine rings is 1. The van der Waals surface area contributed by atoms with Crippen LogP contribution in [0.3, 0.4) is 0 Å². The van der Waals surface area contributed by atoms with Gasteiger partial charge < -0.3 is 4.90 Å². The lowest BCUT2D eigenvalue weighted by Crippen LogP contribution is -2.38. The predicted octanol–water partition coefficient (Wildman–Crippen LogP) is 5.12. The summed E-state index contributed by atoms with van der Waals surface area (Å²) in [6.07, 6.45) is 7.52. The van der Waals surface area contributed by atoms with Crippen molar-refractivity contribution < 1.29 is 4.79 Å². The van der Waals surface area contributed by atoms with E-state index in [1.165, 1.54) is 0 Å². The molecule has 0 unspecified atom stereocenters. The molecule has 0 bridgehead atoms. The van der Waals surface area contributed by atoms with Gasteiger partial charge in [-0.15, -0.1) is 10.2 Å². The van der Waals surface area contributed by atoms with Crippen LogP contribution in [0.1, 0.15) is 59.4 Å². The Balaban J connectivity index is 1.24. The smallest absolute Gasteiger partial charge is 0.257 e. The van der Waals surface area contributed by atoms with Crippen LogP contribution in [-0.4, -0.2) is 48.3 Å². The number of amides is 1. The topological polar surface area (TPSA) is 68.3 Å². The van der Waals surface area contributed by atoms with Crippen molar-refractivity contribution in [1.82, 2.24) is 29.3 Å². The van der Waals surface area contributed by atoms with Crippen LogP contribution in [0.2, 0.25) is 10.0 Å². The molecule has 3 aromatic heterocycles. The Morgan fingerprint density at radius 3 is 2.55 bits per heavy atom. The van der Waals surface area contributed by atoms with Gasteiger partial charge in [0, 0.05) is 36.1 Å². The minimum Gasteiger partial charge on any atom is -0.338 e. The summed E-state index contributed by atoms with van der Waals surface area (Å²) in [6.45, 7) is 1.37. The third-order valence-electron chi connectivity index (χ3n) is 6.63. The number of fused-ring (bicyclic) bond motifs is 1. The van der Waals surface area contributed by atoms with Gasteiger partial charge in [-0.25, -0.2) is 4.68 Å². The fourth-order valence-electron chi connectivity index (χ4n) is 4.77. The number of rotatable bonds is 4. The van der Waals surface area contributed by atoms with Crippen LogP contribution in [-0.2, 0) is 0 Å². The number of piperidine rings is 1. The standard InChI is InChI=1S/C24H22Cl2N6O/c25-17-6-7-20(19(26)13-17)32-22(15-4-5-15)18(14-27-32)24(33)30-11-8-16(9-12-30)23-29-28-21-3-1-2-10-31(21)23/h1-3,6-7,10,13-16H,4-5,8-9,11-12H2. The summed E-state index contributed by atoms with van der Waals surface area (Å²) in [7, 11) is 0. The molecular weight excluding hydrogens is 459 g/mol. The third kappa shape index (κ3) is 3.69. The quantitative estimate of drug-likeness (QED) is 0.406. The average molecular weight is 481 g/mol. The Kier molecular flexibility index (Phi) is 5.11. The minimum atomic E-state index is 0.0396. The van der Waals surface area contributed by atoms with E-state index in [4.69, 9.17) is 23.2 Å². The van der Waals surface area contributed by atoms with E-state index in [1.54, 1.807) is 18.3 Å². The van der Waals surface area contributed by atoms with Crippen molar-refractivity contribution in [3.63, 3.8) is 0 Å². The highest BCUT2D eigenvalue weighted by molar-refractivity contribution is 6.35. The number of aromatic nitrogens is 5. The van der Waals surface area contributed by atoms with E-state index in [-0.39, 0.29) is 11.8 Å². The van der Waals surface area contributed by atoms with Crippen LogP contribution >= 0.6 is 23.2 Å². The molecule has 6 rings (SSSR count). The second kappa shape index (κ2) is 8.15. The van der Waals surface area contributed by atoms with Gasteiger partial charge in [0.2, 0.25) is 0 Å². The lowest BCUT2D eigenvalue weighted by molar-refractivity contribution is 0.0709. The molecule has 9 heteroatoms. The van der Waals surface area contributed by atoms with Crippen molar-refractivity contribution >= 4 is 34.8 Å². The van der Waals surface area contributed by atoms with Gasteiger partial charge in [-0.2, -0.15) is 5.10 Å². The van der Waals surface area contributed by atoms with E-state index in [2.05, 4.69) is 15.3 Å². The Morgan fingerprint density at radius 1 is 0.970 bits per heavy atom. The van der Waals surface area contributed by atoms with Gasteiger partial charge in [-0.1, -0.05) is 29.3 Å². The van der Waals surface area contributed by atoms with Crippen LogP contribution in [0, 0.1) is 0 Å². The van der Waals surface area contributed by atoms with E-state index in [1.807, 2.05) is 44.4 Å². The van der Waals surface area contributed by atoms with Gasteiger partial charge in [0.15, 0.2) is 5.65 Å². The highest BCUT2D eigenvalue weighted by atomic mass is 35.5. The molecule has 1 aromatic carbocycles. The molecule has 0 atom stereocenters. The second-order valence-electron chi connectivity index (χ2n) is 8.78. The van der Waals surface area contributed by atoms with Gasteiger partial charge in [0.05, 0.1) is 28.2 Å². The number of benzene rings is 1. The lowest BCUT2D eigenvalue weighted by Gasteiger charge is -2.31. The van der Waals surface area contributed by atoms with Crippen molar-refractivity contribution in [2.45, 2.75) is 37.5 Å². The average Bonchev–Trinajstić information content (AvgIpc) is 3.43. The van der Waals surface area contributed by atoms with Crippen LogP contribution in [0.5, 0.6) is 0 Å². The zero-order valence-electron chi connectivity index (χ0n) is 17.9. The first-order valence-corrected chi connectivity index (χ1v) is 12.0. The summed E-state index contributed by atoms with van der Waals surface area (Å²) >= 11 is 12.5. The highest BCUT2D eigenvalue weighted by Gasteiger charge is 2.36. The zero-order valence-corrected chi connectivity index (χ0v) is 19.4. The first-order valence-electron chi connectivity index (χ1n) is 11.2. The Morgan fingerprint density at radius 2 is 1.79 bits per heavy atom. The summed E-state index contributed by atoms with van der Waals surface area (Å²) in [5, 5.41) is 14.4. The summed E-state index contributed by atoms with van der Waals surface area (Å²) in [5.41, 5.74) is 3.23. The van der Waals surface area contributed by atoms with Crippen LogP contribution in [0.15, 0.2) is 48.8 Å². The largest absolute Gasteiger partial charge is 0.338 e. The molecule has 1 saturated heterocycles. The molecular formula is C24H22Cl2N6O. The summed E-state index contributed by atoms with van der Waals surface area (Å²) in [5.74, 6) is 1.63. The highest BCUT2D eigenvalue weighted by Crippen LogP contribution is 2.43. The monoisotopic (exact) mass is 480 g/mol. The lowest BCUT2D eigenvalue weighted by atomic mass is 9.95. The first-order chi connectivity index (χ1) is 16.1. The molecule has 0 N–H and O–H groups in total. The van der Waals surface area contributed by atoms with Crippen LogP contribution < -0.4 is 0 Å². The fraction of sp³-hybridized carbons (Fsp3) is 0.333. The van der Waals surface area contributed by atoms with Crippen molar-refractivity contribution in [2.75, 3.05) is 13.1 Å². The van der Waals surface area contributed by atoms with E-state index in [0.29, 0.717) is 34.6 Å². The minimum absolute atomic E-state index is 0.0396. The van der Waals surface area contributed by atoms with Gasteiger partial charge in [-0.3, -0.25) is 9.20 Å². The summed E-state index contributed by atoms with van der Waals surface area (Å²) in [6, 6.07) is 11.3. The Labute approximate surface area is 200 Å². The van der Waals surface area contributed by atoms with E-state index < -0.39 is 0 Å². The number of hydrogen-bond donors (Lipinski definition) is 0. The SMILES string of the molecule is O=C(c1cnn(-c2ccc(Cl)cc2Cl)c1C1CC1)N1CCC(c2nnc3ccccn23)CC1. The normalized spacial score (nSPS) is 17.1. The summed E-state index contributed by atoms with van der Waals surface area (Å²) < 4.78 is 3.87. The maximum Gasteiger partial charge on any atom is 0.257 e. The fourth-order valence-corrected chi connectivity index (χ4v) is 5.26. The maximum absolute atomic E-state index is 13.5. The van der Waals surface area contributed by atoms with E-state index in [9.17, 15) is 4.79 Å². The molecule has 0 radical (unpaired) electrons. The van der Waals surface area contributed by atoms with Gasteiger partial charge in [0.25, 0.3) is 5.91 Å². The second-order valence-corrected chi connectivity index (χ2v) is 9.62. The summed E-state index contributed by atoms with van der Waals surface area (Å²) in [4.78, 5) is 15.5. The predicted molar refractivity (Wildman–Crippen MR) is 126 cm³/mol. The molecule has 2 aliphatic rings. The van der Waals surface area contributed by atoms with E-state index in [0.717, 1.165) is 48.5 Å². The molecule has 4 aromatic rings. The molecule has 7 nitrogen and oxygen atoms in total. The molecule has 33 heavy (non-hydrogen) atoms. The molecule has 1 aliphatic heterocycles. The molecule has 1 aliphatic carbocycles. The number of carbonyl (C=O) groups is 1.